The maximum atomic E-state index is 14.7. The molecule has 11 heteroatoms. The summed E-state index contributed by atoms with van der Waals surface area (Å²) >= 11 is 0. The number of benzene rings is 1. The van der Waals surface area contributed by atoms with Crippen molar-refractivity contribution in [2.24, 2.45) is 5.10 Å². The van der Waals surface area contributed by atoms with Crippen LogP contribution in [0, 0.1) is 5.82 Å². The number of ether oxygens (including phenoxy) is 1. The number of nitrogens with zero attached hydrogens (tertiary/aromatic N) is 4. The van der Waals surface area contributed by atoms with Crippen molar-refractivity contribution in [3.8, 4) is 11.1 Å². The highest BCUT2D eigenvalue weighted by atomic mass is 32.2. The molecule has 2 aliphatic heterocycles. The summed E-state index contributed by atoms with van der Waals surface area (Å²) in [6, 6.07) is 7.81. The molecular weight excluding hydrogens is 427 g/mol. The molecule has 0 aliphatic carbocycles. The predicted octanol–water partition coefficient (Wildman–Crippen LogP) is 1.27. The zero-order valence-corrected chi connectivity index (χ0v) is 17.3. The molecule has 0 bridgehead atoms. The summed E-state index contributed by atoms with van der Waals surface area (Å²) in [4.78, 5) is 17.4. The highest BCUT2D eigenvalue weighted by Gasteiger charge is 2.32. The summed E-state index contributed by atoms with van der Waals surface area (Å²) in [6.07, 6.45) is 1.81. The van der Waals surface area contributed by atoms with E-state index in [0.29, 0.717) is 35.6 Å². The van der Waals surface area contributed by atoms with Crippen molar-refractivity contribution >= 4 is 27.8 Å². The first-order valence-corrected chi connectivity index (χ1v) is 11.5. The second-order valence-corrected chi connectivity index (χ2v) is 9.59. The van der Waals surface area contributed by atoms with Gasteiger partial charge in [0.2, 0.25) is 0 Å². The van der Waals surface area contributed by atoms with Gasteiger partial charge >= 0.3 is 6.09 Å². The van der Waals surface area contributed by atoms with Crippen molar-refractivity contribution in [2.75, 3.05) is 42.6 Å². The lowest BCUT2D eigenvalue weighted by Gasteiger charge is -2.23. The lowest BCUT2D eigenvalue weighted by Crippen LogP contribution is -2.37. The van der Waals surface area contributed by atoms with Gasteiger partial charge in [0.25, 0.3) is 0 Å². The van der Waals surface area contributed by atoms with Gasteiger partial charge in [-0.2, -0.15) is 5.10 Å². The lowest BCUT2D eigenvalue weighted by atomic mass is 10.1. The Balaban J connectivity index is 1.44. The number of sulfone groups is 1. The quantitative estimate of drug-likeness (QED) is 0.686. The van der Waals surface area contributed by atoms with Gasteiger partial charge in [0.05, 0.1) is 55.3 Å². The van der Waals surface area contributed by atoms with Crippen LogP contribution in [0.1, 0.15) is 5.69 Å². The Morgan fingerprint density at radius 3 is 2.65 bits per heavy atom. The Bertz CT molecular complexity index is 1090. The van der Waals surface area contributed by atoms with Crippen LogP contribution in [0.3, 0.4) is 0 Å². The molecule has 31 heavy (non-hydrogen) atoms. The number of carbonyl (C=O) groups excluding carboxylic acids is 1. The minimum Gasteiger partial charge on any atom is -0.441 e. The minimum atomic E-state index is -2.96. The maximum Gasteiger partial charge on any atom is 0.414 e. The minimum absolute atomic E-state index is 0.0851. The van der Waals surface area contributed by atoms with E-state index in [1.165, 1.54) is 23.4 Å². The van der Waals surface area contributed by atoms with Crippen LogP contribution < -0.4 is 4.90 Å². The van der Waals surface area contributed by atoms with Gasteiger partial charge < -0.3 is 9.84 Å². The van der Waals surface area contributed by atoms with Gasteiger partial charge in [-0.3, -0.25) is 14.9 Å². The molecular formula is C20H21FN4O5S. The van der Waals surface area contributed by atoms with Gasteiger partial charge in [0.1, 0.15) is 11.9 Å². The SMILES string of the molecule is O=C1O[C@@H](CO)CN1c1ccc(-c2ccc(/C=N/N3CCS(=O)(=O)CC3)nc2)c(F)c1. The third-order valence-corrected chi connectivity index (χ3v) is 6.72. The Morgan fingerprint density at radius 2 is 2.03 bits per heavy atom. The van der Waals surface area contributed by atoms with Crippen molar-refractivity contribution in [2.45, 2.75) is 6.10 Å². The van der Waals surface area contributed by atoms with Crippen LogP contribution in [0.2, 0.25) is 0 Å². The van der Waals surface area contributed by atoms with Gasteiger partial charge in [-0.15, -0.1) is 0 Å². The van der Waals surface area contributed by atoms with Crippen molar-refractivity contribution in [1.29, 1.82) is 0 Å². The number of carbonyl (C=O) groups is 1. The average Bonchev–Trinajstić information content (AvgIpc) is 3.14. The summed E-state index contributed by atoms with van der Waals surface area (Å²) in [6.45, 7) is 0.559. The van der Waals surface area contributed by atoms with E-state index in [-0.39, 0.29) is 24.7 Å². The number of halogens is 1. The number of hydrazone groups is 1. The zero-order valence-electron chi connectivity index (χ0n) is 16.5. The monoisotopic (exact) mass is 448 g/mol. The molecule has 0 spiro atoms. The summed E-state index contributed by atoms with van der Waals surface area (Å²) < 4.78 is 42.6. The highest BCUT2D eigenvalue weighted by Crippen LogP contribution is 2.28. The molecule has 0 radical (unpaired) electrons. The van der Waals surface area contributed by atoms with Crippen LogP contribution in [-0.4, -0.2) is 79.7 Å². The number of anilines is 1. The van der Waals surface area contributed by atoms with E-state index >= 15 is 0 Å². The summed E-state index contributed by atoms with van der Waals surface area (Å²) in [5.41, 5.74) is 1.79. The highest BCUT2D eigenvalue weighted by molar-refractivity contribution is 7.91. The molecule has 1 aromatic heterocycles. The molecule has 2 fully saturated rings. The second-order valence-electron chi connectivity index (χ2n) is 7.28. The van der Waals surface area contributed by atoms with Crippen molar-refractivity contribution in [1.82, 2.24) is 9.99 Å². The first-order chi connectivity index (χ1) is 14.8. The van der Waals surface area contributed by atoms with Crippen LogP contribution in [-0.2, 0) is 14.6 Å². The van der Waals surface area contributed by atoms with E-state index in [1.54, 1.807) is 29.3 Å². The molecule has 0 saturated carbocycles. The second kappa shape index (κ2) is 8.60. The zero-order chi connectivity index (χ0) is 22.0. The molecule has 1 N–H and O–H groups in total. The Morgan fingerprint density at radius 1 is 1.26 bits per heavy atom. The molecule has 1 amide bonds. The number of aromatic nitrogens is 1. The number of aliphatic hydroxyl groups excluding tert-OH is 1. The van der Waals surface area contributed by atoms with Gasteiger partial charge in [0.15, 0.2) is 9.84 Å². The molecule has 1 aromatic carbocycles. The first kappa shape index (κ1) is 21.2. The van der Waals surface area contributed by atoms with E-state index in [0.717, 1.165) is 0 Å². The Kier molecular flexibility index (Phi) is 5.88. The molecule has 2 saturated heterocycles. The predicted molar refractivity (Wildman–Crippen MR) is 112 cm³/mol. The molecule has 9 nitrogen and oxygen atoms in total. The third kappa shape index (κ3) is 4.83. The fourth-order valence-electron chi connectivity index (χ4n) is 3.33. The normalized spacial score (nSPS) is 21.0. The van der Waals surface area contributed by atoms with E-state index < -0.39 is 27.9 Å². The lowest BCUT2D eigenvalue weighted by molar-refractivity contribution is 0.0963. The van der Waals surface area contributed by atoms with E-state index in [2.05, 4.69) is 10.1 Å². The van der Waals surface area contributed by atoms with E-state index in [1.807, 2.05) is 0 Å². The van der Waals surface area contributed by atoms with Gasteiger partial charge in [0, 0.05) is 17.3 Å². The van der Waals surface area contributed by atoms with E-state index in [9.17, 15) is 17.6 Å². The van der Waals surface area contributed by atoms with E-state index in [4.69, 9.17) is 9.84 Å². The number of cyclic esters (lactones) is 1. The smallest absolute Gasteiger partial charge is 0.414 e. The standard InChI is InChI=1S/C20H21FN4O5S/c21-19-9-16(25-12-17(13-26)30-20(25)27)3-4-18(19)14-1-2-15(22-10-14)11-23-24-5-7-31(28,29)8-6-24/h1-4,9-11,17,26H,5-8,12-13H2/b23-11+/t17-/m1/s1. The number of rotatable bonds is 5. The Labute approximate surface area is 178 Å². The summed E-state index contributed by atoms with van der Waals surface area (Å²) in [7, 11) is -2.96. The molecule has 164 valence electrons. The van der Waals surface area contributed by atoms with Crippen LogP contribution in [0.15, 0.2) is 41.6 Å². The maximum absolute atomic E-state index is 14.7. The molecule has 1 atom stereocenters. The van der Waals surface area contributed by atoms with Crippen molar-refractivity contribution in [3.63, 3.8) is 0 Å². The van der Waals surface area contributed by atoms with Crippen LogP contribution in [0.5, 0.6) is 0 Å². The van der Waals surface area contributed by atoms with Crippen molar-refractivity contribution in [3.05, 3.63) is 48.0 Å². The molecule has 2 aliphatic rings. The molecule has 0 unspecified atom stereocenters. The van der Waals surface area contributed by atoms with Gasteiger partial charge in [-0.1, -0.05) is 6.07 Å². The first-order valence-electron chi connectivity index (χ1n) is 9.69. The van der Waals surface area contributed by atoms with Gasteiger partial charge in [-0.05, 0) is 24.3 Å². The molecule has 2 aromatic rings. The number of hydrogen-bond acceptors (Lipinski definition) is 8. The topological polar surface area (TPSA) is 112 Å². The number of aliphatic hydroxyl groups is 1. The van der Waals surface area contributed by atoms with Crippen LogP contribution in [0.25, 0.3) is 11.1 Å². The number of pyridine rings is 1. The third-order valence-electron chi connectivity index (χ3n) is 5.11. The van der Waals surface area contributed by atoms with Crippen molar-refractivity contribution < 1.29 is 27.4 Å². The average molecular weight is 448 g/mol. The molecule has 3 heterocycles. The van der Waals surface area contributed by atoms with Gasteiger partial charge in [-0.25, -0.2) is 17.6 Å². The fraction of sp³-hybridized carbons (Fsp3) is 0.350. The van der Waals surface area contributed by atoms with Crippen LogP contribution in [0.4, 0.5) is 14.9 Å². The largest absolute Gasteiger partial charge is 0.441 e. The van der Waals surface area contributed by atoms with Crippen LogP contribution >= 0.6 is 0 Å². The number of amides is 1. The molecule has 4 rings (SSSR count). The summed E-state index contributed by atoms with van der Waals surface area (Å²) in [5, 5.41) is 15.1. The summed E-state index contributed by atoms with van der Waals surface area (Å²) in [5.74, 6) is -0.348. The number of hydrogen-bond donors (Lipinski definition) is 1. The fourth-order valence-corrected chi connectivity index (χ4v) is 4.52. The Hall–Kier alpha value is -3.05.